The number of hydrogen-bond acceptors (Lipinski definition) is 6. The first-order chi connectivity index (χ1) is 14.3. The van der Waals surface area contributed by atoms with Crippen molar-refractivity contribution in [2.45, 2.75) is 20.8 Å². The predicted molar refractivity (Wildman–Crippen MR) is 115 cm³/mol. The van der Waals surface area contributed by atoms with Crippen LogP contribution in [0.4, 0.5) is 5.69 Å². The van der Waals surface area contributed by atoms with Gasteiger partial charge in [-0.3, -0.25) is 4.79 Å². The zero-order valence-electron chi connectivity index (χ0n) is 16.8. The average Bonchev–Trinajstić information content (AvgIpc) is 3.00. The van der Waals surface area contributed by atoms with Crippen molar-refractivity contribution in [1.82, 2.24) is 0 Å². The molecule has 2 aromatic carbocycles. The molecule has 1 aliphatic heterocycles. The van der Waals surface area contributed by atoms with Crippen molar-refractivity contribution in [3.05, 3.63) is 58.1 Å². The number of esters is 1. The molecular weight excluding hydrogens is 408 g/mol. The predicted octanol–water partition coefficient (Wildman–Crippen LogP) is 4.43. The fourth-order valence-corrected chi connectivity index (χ4v) is 3.14. The van der Waals surface area contributed by atoms with E-state index in [1.165, 1.54) is 5.01 Å². The average molecular weight is 429 g/mol. The zero-order chi connectivity index (χ0) is 21.8. The number of carbonyl (C=O) groups excluding carboxylic acids is 2. The van der Waals surface area contributed by atoms with Gasteiger partial charge in [0.25, 0.3) is 5.91 Å². The Morgan fingerprint density at radius 3 is 2.53 bits per heavy atom. The van der Waals surface area contributed by atoms with Crippen LogP contribution in [-0.4, -0.2) is 35.9 Å². The Hall–Kier alpha value is -3.32. The summed E-state index contributed by atoms with van der Waals surface area (Å²) in [7, 11) is 0. The lowest BCUT2D eigenvalue weighted by atomic mass is 10.1. The molecule has 0 fully saturated rings. The molecule has 156 valence electrons. The Morgan fingerprint density at radius 1 is 1.20 bits per heavy atom. The number of amides is 1. The zero-order valence-corrected chi connectivity index (χ0v) is 17.6. The molecule has 1 amide bonds. The second kappa shape index (κ2) is 9.00. The normalized spacial score (nSPS) is 14.8. The van der Waals surface area contributed by atoms with Crippen molar-refractivity contribution in [3.8, 4) is 11.5 Å². The molecule has 1 N–H and O–H groups in total. The summed E-state index contributed by atoms with van der Waals surface area (Å²) in [6.07, 6.45) is 1.64. The number of anilines is 1. The molecule has 3 rings (SSSR count). The fourth-order valence-electron chi connectivity index (χ4n) is 2.92. The first-order valence-electron chi connectivity index (χ1n) is 9.39. The van der Waals surface area contributed by atoms with Crippen molar-refractivity contribution < 1.29 is 24.2 Å². The van der Waals surface area contributed by atoms with Gasteiger partial charge in [-0.25, -0.2) is 4.79 Å². The summed E-state index contributed by atoms with van der Waals surface area (Å²) in [5, 5.41) is 15.7. The molecule has 0 saturated carbocycles. The molecule has 0 atom stereocenters. The Kier molecular flexibility index (Phi) is 6.42. The number of phenolic OH excluding ortho intramolecular Hbond substituents is 1. The minimum Gasteiger partial charge on any atom is -0.503 e. The van der Waals surface area contributed by atoms with Crippen LogP contribution in [0.15, 0.2) is 47.1 Å². The smallest absolute Gasteiger partial charge is 0.338 e. The Morgan fingerprint density at radius 2 is 1.90 bits per heavy atom. The highest BCUT2D eigenvalue weighted by Gasteiger charge is 2.29. The van der Waals surface area contributed by atoms with Gasteiger partial charge in [-0.15, -0.1) is 0 Å². The second-order valence-corrected chi connectivity index (χ2v) is 6.82. The van der Waals surface area contributed by atoms with Gasteiger partial charge in [0, 0.05) is 0 Å². The molecule has 0 saturated heterocycles. The number of phenols is 1. The number of hydrogen-bond donors (Lipinski definition) is 1. The molecular formula is C22H21ClN2O5. The van der Waals surface area contributed by atoms with E-state index in [2.05, 4.69) is 5.10 Å². The fraction of sp³-hybridized carbons (Fsp3) is 0.227. The lowest BCUT2D eigenvalue weighted by Gasteiger charge is -2.12. The summed E-state index contributed by atoms with van der Waals surface area (Å²) in [4.78, 5) is 24.7. The van der Waals surface area contributed by atoms with Crippen molar-refractivity contribution in [3.63, 3.8) is 0 Å². The molecule has 1 aliphatic rings. The van der Waals surface area contributed by atoms with Gasteiger partial charge in [-0.05, 0) is 68.8 Å². The van der Waals surface area contributed by atoms with Crippen molar-refractivity contribution in [2.75, 3.05) is 18.2 Å². The standard InChI is InChI=1S/C22H21ClN2O5/c1-4-29-19-12-14(11-18(23)20(19)26)10-17-13(3)24-25(21(17)27)16-8-6-15(7-9-16)22(28)30-5-2/h6-12,26H,4-5H2,1-3H3/b17-10-. The topological polar surface area (TPSA) is 88.4 Å². The summed E-state index contributed by atoms with van der Waals surface area (Å²) < 4.78 is 10.4. The molecule has 2 aromatic rings. The van der Waals surface area contributed by atoms with Crippen molar-refractivity contribution in [1.29, 1.82) is 0 Å². The first-order valence-corrected chi connectivity index (χ1v) is 9.77. The summed E-state index contributed by atoms with van der Waals surface area (Å²) >= 11 is 6.08. The van der Waals surface area contributed by atoms with E-state index >= 15 is 0 Å². The molecule has 8 heteroatoms. The van der Waals surface area contributed by atoms with E-state index in [1.54, 1.807) is 63.2 Å². The largest absolute Gasteiger partial charge is 0.503 e. The highest BCUT2D eigenvalue weighted by Crippen LogP contribution is 2.36. The highest BCUT2D eigenvalue weighted by atomic mass is 35.5. The molecule has 0 aromatic heterocycles. The number of rotatable bonds is 6. The van der Waals surface area contributed by atoms with Gasteiger partial charge in [0.1, 0.15) is 0 Å². The van der Waals surface area contributed by atoms with Gasteiger partial charge >= 0.3 is 5.97 Å². The van der Waals surface area contributed by atoms with E-state index in [0.717, 1.165) is 0 Å². The van der Waals surface area contributed by atoms with Gasteiger partial charge in [0.2, 0.25) is 0 Å². The van der Waals surface area contributed by atoms with Crippen LogP contribution in [0.2, 0.25) is 5.02 Å². The third-order valence-corrected chi connectivity index (χ3v) is 4.64. The number of halogens is 1. The van der Waals surface area contributed by atoms with Crippen LogP contribution in [0, 0.1) is 0 Å². The van der Waals surface area contributed by atoms with Crippen LogP contribution in [0.25, 0.3) is 6.08 Å². The van der Waals surface area contributed by atoms with Crippen LogP contribution in [0.5, 0.6) is 11.5 Å². The molecule has 0 aliphatic carbocycles. The maximum atomic E-state index is 12.9. The van der Waals surface area contributed by atoms with Gasteiger partial charge in [0.05, 0.1) is 40.8 Å². The monoisotopic (exact) mass is 428 g/mol. The SMILES string of the molecule is CCOC(=O)c1ccc(N2N=C(C)/C(=C/c3cc(Cl)c(O)c(OCC)c3)C2=O)cc1. The summed E-state index contributed by atoms with van der Waals surface area (Å²) in [5.74, 6) is -0.652. The number of ether oxygens (including phenoxy) is 2. The quantitative estimate of drug-likeness (QED) is 0.543. The Labute approximate surface area is 179 Å². The van der Waals surface area contributed by atoms with E-state index in [1.807, 2.05) is 0 Å². The molecule has 1 heterocycles. The van der Waals surface area contributed by atoms with E-state index in [0.29, 0.717) is 34.7 Å². The number of hydrazone groups is 1. The molecule has 0 bridgehead atoms. The van der Waals surface area contributed by atoms with Crippen LogP contribution >= 0.6 is 11.6 Å². The molecule has 0 radical (unpaired) electrons. The number of nitrogens with zero attached hydrogens (tertiary/aromatic N) is 2. The summed E-state index contributed by atoms with van der Waals surface area (Å²) in [6, 6.07) is 9.59. The summed E-state index contributed by atoms with van der Waals surface area (Å²) in [5.41, 5.74) is 2.42. The Balaban J connectivity index is 1.88. The lowest BCUT2D eigenvalue weighted by molar-refractivity contribution is -0.114. The van der Waals surface area contributed by atoms with Crippen LogP contribution in [-0.2, 0) is 9.53 Å². The number of aromatic hydroxyl groups is 1. The Bertz CT molecular complexity index is 1040. The summed E-state index contributed by atoms with van der Waals surface area (Å²) in [6.45, 7) is 5.90. The maximum Gasteiger partial charge on any atom is 0.338 e. The van der Waals surface area contributed by atoms with Crippen molar-refractivity contribution >= 4 is 41.0 Å². The van der Waals surface area contributed by atoms with Crippen LogP contribution in [0.3, 0.4) is 0 Å². The van der Waals surface area contributed by atoms with Crippen LogP contribution in [0.1, 0.15) is 36.7 Å². The molecule has 0 spiro atoms. The minimum atomic E-state index is -0.425. The third kappa shape index (κ3) is 4.31. The molecule has 0 unspecified atom stereocenters. The van der Waals surface area contributed by atoms with Crippen LogP contribution < -0.4 is 9.75 Å². The highest BCUT2D eigenvalue weighted by molar-refractivity contribution is 6.33. The third-order valence-electron chi connectivity index (χ3n) is 4.35. The maximum absolute atomic E-state index is 12.9. The van der Waals surface area contributed by atoms with E-state index < -0.39 is 5.97 Å². The van der Waals surface area contributed by atoms with Gasteiger partial charge < -0.3 is 14.6 Å². The van der Waals surface area contributed by atoms with E-state index in [4.69, 9.17) is 21.1 Å². The first kappa shape index (κ1) is 21.4. The minimum absolute atomic E-state index is 0.124. The second-order valence-electron chi connectivity index (χ2n) is 6.41. The number of benzene rings is 2. The van der Waals surface area contributed by atoms with Gasteiger partial charge in [-0.1, -0.05) is 11.6 Å². The van der Waals surface area contributed by atoms with Crippen molar-refractivity contribution in [2.24, 2.45) is 5.10 Å². The van der Waals surface area contributed by atoms with E-state index in [-0.39, 0.29) is 29.0 Å². The van der Waals surface area contributed by atoms with E-state index in [9.17, 15) is 14.7 Å². The lowest BCUT2D eigenvalue weighted by Crippen LogP contribution is -2.21. The number of carbonyl (C=O) groups is 2. The molecule has 30 heavy (non-hydrogen) atoms. The van der Waals surface area contributed by atoms with Gasteiger partial charge in [0.15, 0.2) is 11.5 Å². The molecule has 7 nitrogen and oxygen atoms in total. The van der Waals surface area contributed by atoms with Gasteiger partial charge in [-0.2, -0.15) is 10.1 Å².